The van der Waals surface area contributed by atoms with Gasteiger partial charge in [0.2, 0.25) is 17.5 Å². The molecule has 11 N–H and O–H groups in total. The molecule has 3 heterocycles. The second kappa shape index (κ2) is 18.9. The van der Waals surface area contributed by atoms with Crippen LogP contribution in [0, 0.1) is 0 Å². The first kappa shape index (κ1) is 44.4. The maximum Gasteiger partial charge on any atom is 0.330 e. The predicted octanol–water partition coefficient (Wildman–Crippen LogP) is 0.290. The molecular formula is C39H44O20. The molecule has 3 aromatic carbocycles. The first-order valence-electron chi connectivity index (χ1n) is 18.0. The number of rotatable bonds is 11. The molecule has 0 bridgehead atoms. The summed E-state index contributed by atoms with van der Waals surface area (Å²) < 4.78 is 39.0. The summed E-state index contributed by atoms with van der Waals surface area (Å²) in [5.74, 6) is -4.65. The van der Waals surface area contributed by atoms with Gasteiger partial charge >= 0.3 is 5.97 Å². The predicted molar refractivity (Wildman–Crippen MR) is 201 cm³/mol. The number of hydrogen-bond donors (Lipinski definition) is 11. The van der Waals surface area contributed by atoms with E-state index in [2.05, 4.69) is 0 Å². The Morgan fingerprint density at radius 3 is 2.12 bits per heavy atom. The Hall–Kier alpha value is -5.68. The molecule has 2 aliphatic heterocycles. The summed E-state index contributed by atoms with van der Waals surface area (Å²) in [5.41, 5.74) is -1.12. The minimum Gasteiger partial charge on any atom is -0.508 e. The number of ether oxygens (including phenoxy) is 6. The molecule has 10 unspecified atom stereocenters. The van der Waals surface area contributed by atoms with Gasteiger partial charge in [-0.25, -0.2) is 4.79 Å². The van der Waals surface area contributed by atoms with Crippen molar-refractivity contribution in [3.63, 3.8) is 0 Å². The van der Waals surface area contributed by atoms with Gasteiger partial charge in [0.1, 0.15) is 71.8 Å². The summed E-state index contributed by atoms with van der Waals surface area (Å²) >= 11 is 0. The lowest BCUT2D eigenvalue weighted by Gasteiger charge is -2.45. The maximum atomic E-state index is 14.0. The van der Waals surface area contributed by atoms with Crippen LogP contribution in [0.1, 0.15) is 19.4 Å². The lowest BCUT2D eigenvalue weighted by Crippen LogP contribution is -2.65. The molecule has 0 spiro atoms. The zero-order chi connectivity index (χ0) is 43.3. The zero-order valence-electron chi connectivity index (χ0n) is 31.6. The molecule has 0 aliphatic carbocycles. The van der Waals surface area contributed by atoms with Gasteiger partial charge in [-0.3, -0.25) is 4.79 Å². The van der Waals surface area contributed by atoms with Crippen LogP contribution in [0.25, 0.3) is 28.4 Å². The molecular weight excluding hydrogens is 788 g/mol. The fraction of sp³-hybridized carbons (Fsp3) is 0.385. The average molecular weight is 833 g/mol. The van der Waals surface area contributed by atoms with E-state index in [1.54, 1.807) is 0 Å². The number of aliphatic hydroxyl groups excluding tert-OH is 6. The summed E-state index contributed by atoms with van der Waals surface area (Å²) in [6.07, 6.45) is -16.7. The molecule has 1 aromatic heterocycles. The van der Waals surface area contributed by atoms with Crippen molar-refractivity contribution >= 4 is 23.0 Å². The molecule has 6 rings (SSSR count). The quantitative estimate of drug-likeness (QED) is 0.0549. The van der Waals surface area contributed by atoms with Crippen molar-refractivity contribution in [1.29, 1.82) is 0 Å². The van der Waals surface area contributed by atoms with Crippen LogP contribution in [0.15, 0.2) is 63.8 Å². The summed E-state index contributed by atoms with van der Waals surface area (Å²) in [6, 6.07) is 9.31. The summed E-state index contributed by atoms with van der Waals surface area (Å²) in [5, 5.41) is 114. The Kier molecular flexibility index (Phi) is 14.3. The van der Waals surface area contributed by atoms with E-state index in [1.165, 1.54) is 37.5 Å². The molecule has 10 atom stereocenters. The highest BCUT2D eigenvalue weighted by atomic mass is 16.8. The number of esters is 1. The van der Waals surface area contributed by atoms with E-state index in [4.69, 9.17) is 32.8 Å². The minimum absolute atomic E-state index is 0.104. The van der Waals surface area contributed by atoms with E-state index < -0.39 is 126 Å². The molecule has 2 aliphatic rings. The third-order valence-corrected chi connectivity index (χ3v) is 9.18. The number of benzene rings is 3. The number of carbonyl (C=O) groups excluding carboxylic acids is 1. The second-order valence-electron chi connectivity index (χ2n) is 13.0. The van der Waals surface area contributed by atoms with E-state index in [1.807, 2.05) is 13.8 Å². The highest BCUT2D eigenvalue weighted by Gasteiger charge is 2.52. The molecule has 4 aromatic rings. The second-order valence-corrected chi connectivity index (χ2v) is 13.0. The minimum atomic E-state index is -2.07. The van der Waals surface area contributed by atoms with E-state index in [0.717, 1.165) is 30.3 Å². The number of hydrogen-bond acceptors (Lipinski definition) is 20. The molecule has 320 valence electrons. The number of aliphatic hydroxyl groups is 6. The molecule has 20 nitrogen and oxygen atoms in total. The highest BCUT2D eigenvalue weighted by Crippen LogP contribution is 2.40. The lowest BCUT2D eigenvalue weighted by atomic mass is 9.97. The normalized spacial score (nSPS) is 26.9. The van der Waals surface area contributed by atoms with Crippen molar-refractivity contribution in [2.45, 2.75) is 75.3 Å². The van der Waals surface area contributed by atoms with Crippen molar-refractivity contribution in [1.82, 2.24) is 0 Å². The molecule has 2 saturated heterocycles. The largest absolute Gasteiger partial charge is 0.508 e. The van der Waals surface area contributed by atoms with E-state index >= 15 is 0 Å². The number of aromatic hydroxyl groups is 5. The number of methoxy groups -OCH3 is 1. The van der Waals surface area contributed by atoms with Crippen LogP contribution < -0.4 is 14.9 Å². The van der Waals surface area contributed by atoms with Crippen molar-refractivity contribution < 1.29 is 93.8 Å². The van der Waals surface area contributed by atoms with Crippen LogP contribution in [0.4, 0.5) is 0 Å². The number of fused-ring (bicyclic) bond motifs is 1. The van der Waals surface area contributed by atoms with Gasteiger partial charge in [-0.05, 0) is 42.0 Å². The van der Waals surface area contributed by atoms with Crippen LogP contribution in [-0.2, 0) is 23.7 Å². The topological polar surface area (TPSA) is 325 Å². The monoisotopic (exact) mass is 832 g/mol. The van der Waals surface area contributed by atoms with Crippen LogP contribution in [0.5, 0.6) is 40.2 Å². The third-order valence-electron chi connectivity index (χ3n) is 9.18. The fourth-order valence-corrected chi connectivity index (χ4v) is 6.14. The van der Waals surface area contributed by atoms with Gasteiger partial charge in [0.25, 0.3) is 0 Å². The summed E-state index contributed by atoms with van der Waals surface area (Å²) in [7, 11) is 1.34. The maximum absolute atomic E-state index is 14.0. The molecule has 20 heteroatoms. The Balaban J connectivity index is 0.00000326. The van der Waals surface area contributed by atoms with Crippen molar-refractivity contribution in [3.8, 4) is 51.6 Å². The number of phenolic OH excluding ortho intramolecular Hbond substituents is 5. The van der Waals surface area contributed by atoms with Crippen LogP contribution >= 0.6 is 0 Å². The Labute approximate surface area is 334 Å². The number of carbonyl (C=O) groups is 1. The highest BCUT2D eigenvalue weighted by molar-refractivity contribution is 5.88. The van der Waals surface area contributed by atoms with E-state index in [0.29, 0.717) is 5.56 Å². The lowest BCUT2D eigenvalue weighted by molar-refractivity contribution is -0.358. The SMILES string of the molecule is CC.COc1cc(/C=C\C(=O)OCC2OC(OC3C(Oc4c(-c5ccc(O)c(O)c5)oc5cc(O)cc(O)c5c4=O)OC(CO)C(O)C3O)C(O)C(O)C2O)ccc1O. The van der Waals surface area contributed by atoms with Crippen LogP contribution in [0.3, 0.4) is 0 Å². The zero-order valence-corrected chi connectivity index (χ0v) is 31.6. The average Bonchev–Trinajstić information content (AvgIpc) is 3.21. The first-order valence-corrected chi connectivity index (χ1v) is 18.0. The van der Waals surface area contributed by atoms with Gasteiger partial charge < -0.3 is 89.0 Å². The molecule has 0 saturated carbocycles. The van der Waals surface area contributed by atoms with E-state index in [-0.39, 0.29) is 22.6 Å². The Bertz CT molecular complexity index is 2190. The van der Waals surface area contributed by atoms with E-state index in [9.17, 15) is 65.8 Å². The first-order chi connectivity index (χ1) is 28.1. The molecule has 0 radical (unpaired) electrons. The van der Waals surface area contributed by atoms with Crippen molar-refractivity contribution in [2.75, 3.05) is 20.3 Å². The molecule has 0 amide bonds. The van der Waals surface area contributed by atoms with Gasteiger partial charge in [0.05, 0.1) is 13.7 Å². The van der Waals surface area contributed by atoms with Gasteiger partial charge in [0.15, 0.2) is 41.2 Å². The standard InChI is InChI=1S/C37H38O20.C2H6/c1-51-21-8-14(2-5-18(21)41)3-7-25(44)52-13-24-28(46)30(48)32(50)36(55-24)57-35-31(49)27(45)23(12-38)54-37(35)56-34-29(47)26-20(43)10-16(39)11-22(26)53-33(34)15-4-6-17(40)19(42)9-15;1-2/h2-11,23-24,27-28,30-32,35-43,45-46,48-50H,12-13H2,1H3;1-2H3/b7-3-;. The number of phenols is 5. The summed E-state index contributed by atoms with van der Waals surface area (Å²) in [6.45, 7) is 2.37. The smallest absolute Gasteiger partial charge is 0.330 e. The summed E-state index contributed by atoms with van der Waals surface area (Å²) in [4.78, 5) is 26.5. The Morgan fingerprint density at radius 1 is 0.763 bits per heavy atom. The van der Waals surface area contributed by atoms with Gasteiger partial charge in [0, 0.05) is 23.8 Å². The van der Waals surface area contributed by atoms with Crippen molar-refractivity contribution in [2.24, 2.45) is 0 Å². The third kappa shape index (κ3) is 9.46. The van der Waals surface area contributed by atoms with Gasteiger partial charge in [-0.2, -0.15) is 0 Å². The van der Waals surface area contributed by atoms with Gasteiger partial charge in [-0.1, -0.05) is 19.9 Å². The molecule has 2 fully saturated rings. The Morgan fingerprint density at radius 2 is 1.44 bits per heavy atom. The molecule has 59 heavy (non-hydrogen) atoms. The van der Waals surface area contributed by atoms with Crippen LogP contribution in [0.2, 0.25) is 0 Å². The van der Waals surface area contributed by atoms with Crippen LogP contribution in [-0.4, -0.2) is 144 Å². The van der Waals surface area contributed by atoms with Crippen molar-refractivity contribution in [3.05, 3.63) is 70.4 Å². The fourth-order valence-electron chi connectivity index (χ4n) is 6.14. The van der Waals surface area contributed by atoms with Gasteiger partial charge in [-0.15, -0.1) is 0 Å².